The van der Waals surface area contributed by atoms with Crippen LogP contribution in [0, 0.1) is 0 Å². The average molecular weight is 251 g/mol. The predicted molar refractivity (Wildman–Crippen MR) is 62.5 cm³/mol. The predicted octanol–water partition coefficient (Wildman–Crippen LogP) is 1.05. The summed E-state index contributed by atoms with van der Waals surface area (Å²) in [5, 5.41) is -0.400. The number of ether oxygens (including phenoxy) is 1. The highest BCUT2D eigenvalue weighted by Gasteiger charge is 2.13. The van der Waals surface area contributed by atoms with Gasteiger partial charge in [-0.1, -0.05) is 6.42 Å². The molecule has 6 heteroatoms. The molecule has 1 N–H and O–H groups in total. The van der Waals surface area contributed by atoms with Gasteiger partial charge in [0.15, 0.2) is 0 Å². The van der Waals surface area contributed by atoms with E-state index in [4.69, 9.17) is 0 Å². The topological polar surface area (TPSA) is 72.5 Å². The minimum atomic E-state index is -3.15. The second-order valence-corrected chi connectivity index (χ2v) is 6.20. The molecule has 96 valence electrons. The maximum atomic E-state index is 11.3. The van der Waals surface area contributed by atoms with E-state index in [1.807, 2.05) is 0 Å². The first-order chi connectivity index (χ1) is 7.40. The standard InChI is InChI=1S/C10H21NO4S/c1-9(2)16(13,14)11-8-6-4-5-7-10(12)15-3/h9,11H,4-8H2,1-3H3. The Hall–Kier alpha value is -0.620. The number of carbonyl (C=O) groups excluding carboxylic acids is 1. The first-order valence-electron chi connectivity index (χ1n) is 5.45. The van der Waals surface area contributed by atoms with Crippen molar-refractivity contribution in [2.24, 2.45) is 0 Å². The summed E-state index contributed by atoms with van der Waals surface area (Å²) in [5.41, 5.74) is 0. The molecule has 0 aromatic rings. The Kier molecular flexibility index (Phi) is 7.33. The molecule has 0 bridgehead atoms. The largest absolute Gasteiger partial charge is 0.469 e. The Labute approximate surface area is 97.6 Å². The summed E-state index contributed by atoms with van der Waals surface area (Å²) in [6.45, 7) is 3.71. The van der Waals surface area contributed by atoms with Crippen LogP contribution in [0.2, 0.25) is 0 Å². The van der Waals surface area contributed by atoms with Crippen molar-refractivity contribution < 1.29 is 17.9 Å². The number of hydrogen-bond donors (Lipinski definition) is 1. The summed E-state index contributed by atoms with van der Waals surface area (Å²) in [5.74, 6) is -0.220. The summed E-state index contributed by atoms with van der Waals surface area (Å²) in [6.07, 6.45) is 2.68. The molecule has 0 spiro atoms. The molecule has 0 aromatic carbocycles. The monoisotopic (exact) mass is 251 g/mol. The molecule has 0 atom stereocenters. The van der Waals surface area contributed by atoms with Crippen LogP contribution in [0.5, 0.6) is 0 Å². The van der Waals surface area contributed by atoms with Gasteiger partial charge in [-0.2, -0.15) is 0 Å². The number of carbonyl (C=O) groups is 1. The third kappa shape index (κ3) is 6.79. The fraction of sp³-hybridized carbons (Fsp3) is 0.900. The highest BCUT2D eigenvalue weighted by atomic mass is 32.2. The molecule has 5 nitrogen and oxygen atoms in total. The molecule has 0 saturated carbocycles. The number of methoxy groups -OCH3 is 1. The van der Waals surface area contributed by atoms with Crippen LogP contribution in [0.4, 0.5) is 0 Å². The second kappa shape index (κ2) is 7.62. The highest BCUT2D eigenvalue weighted by Crippen LogP contribution is 2.01. The van der Waals surface area contributed by atoms with Gasteiger partial charge in [-0.15, -0.1) is 0 Å². The number of rotatable bonds is 8. The third-order valence-corrected chi connectivity index (χ3v) is 4.06. The molecule has 0 radical (unpaired) electrons. The molecular weight excluding hydrogens is 230 g/mol. The van der Waals surface area contributed by atoms with Gasteiger partial charge in [-0.05, 0) is 26.7 Å². The van der Waals surface area contributed by atoms with Crippen LogP contribution >= 0.6 is 0 Å². The summed E-state index contributed by atoms with van der Waals surface area (Å²) >= 11 is 0. The minimum Gasteiger partial charge on any atom is -0.469 e. The zero-order valence-corrected chi connectivity index (χ0v) is 11.0. The number of sulfonamides is 1. The lowest BCUT2D eigenvalue weighted by atomic mass is 10.2. The SMILES string of the molecule is COC(=O)CCCCCNS(=O)(=O)C(C)C. The van der Waals surface area contributed by atoms with Gasteiger partial charge in [0.25, 0.3) is 0 Å². The van der Waals surface area contributed by atoms with E-state index in [0.29, 0.717) is 13.0 Å². The summed E-state index contributed by atoms with van der Waals surface area (Å²) < 4.78 is 29.7. The summed E-state index contributed by atoms with van der Waals surface area (Å²) in [6, 6.07) is 0. The number of nitrogens with one attached hydrogen (secondary N) is 1. The number of hydrogen-bond acceptors (Lipinski definition) is 4. The van der Waals surface area contributed by atoms with E-state index in [1.54, 1.807) is 13.8 Å². The average Bonchev–Trinajstić information content (AvgIpc) is 2.22. The molecule has 0 aliphatic rings. The second-order valence-electron chi connectivity index (χ2n) is 3.87. The lowest BCUT2D eigenvalue weighted by Gasteiger charge is -2.08. The van der Waals surface area contributed by atoms with E-state index >= 15 is 0 Å². The smallest absolute Gasteiger partial charge is 0.305 e. The van der Waals surface area contributed by atoms with Crippen molar-refractivity contribution in [2.75, 3.05) is 13.7 Å². The molecule has 0 unspecified atom stereocenters. The van der Waals surface area contributed by atoms with E-state index in [0.717, 1.165) is 19.3 Å². The van der Waals surface area contributed by atoms with Gasteiger partial charge in [-0.25, -0.2) is 13.1 Å². The van der Waals surface area contributed by atoms with Crippen molar-refractivity contribution in [2.45, 2.75) is 44.8 Å². The normalized spacial score (nSPS) is 11.8. The van der Waals surface area contributed by atoms with Crippen molar-refractivity contribution >= 4 is 16.0 Å². The van der Waals surface area contributed by atoms with Crippen LogP contribution in [-0.2, 0) is 19.6 Å². The van der Waals surface area contributed by atoms with Crippen LogP contribution < -0.4 is 4.72 Å². The van der Waals surface area contributed by atoms with Crippen molar-refractivity contribution in [3.8, 4) is 0 Å². The molecule has 0 rings (SSSR count). The van der Waals surface area contributed by atoms with Crippen molar-refractivity contribution in [1.29, 1.82) is 0 Å². The molecule has 0 aromatic heterocycles. The van der Waals surface area contributed by atoms with Gasteiger partial charge < -0.3 is 4.74 Å². The molecule has 0 amide bonds. The van der Waals surface area contributed by atoms with E-state index in [1.165, 1.54) is 7.11 Å². The van der Waals surface area contributed by atoms with Crippen molar-refractivity contribution in [3.05, 3.63) is 0 Å². The van der Waals surface area contributed by atoms with Crippen LogP contribution in [0.1, 0.15) is 39.5 Å². The Morgan fingerprint density at radius 1 is 1.25 bits per heavy atom. The Morgan fingerprint density at radius 3 is 2.38 bits per heavy atom. The zero-order chi connectivity index (χ0) is 12.6. The van der Waals surface area contributed by atoms with E-state index in [9.17, 15) is 13.2 Å². The minimum absolute atomic E-state index is 0.220. The fourth-order valence-corrected chi connectivity index (χ4v) is 1.82. The molecule has 0 saturated heterocycles. The maximum absolute atomic E-state index is 11.3. The molecule has 16 heavy (non-hydrogen) atoms. The van der Waals surface area contributed by atoms with Gasteiger partial charge in [0.05, 0.1) is 12.4 Å². The Bertz CT molecular complexity index is 298. The van der Waals surface area contributed by atoms with Crippen LogP contribution in [-0.4, -0.2) is 33.3 Å². The molecule has 0 fully saturated rings. The Balaban J connectivity index is 3.52. The van der Waals surface area contributed by atoms with Crippen molar-refractivity contribution in [1.82, 2.24) is 4.72 Å². The molecular formula is C10H21NO4S. The molecule has 0 aliphatic heterocycles. The van der Waals surface area contributed by atoms with Gasteiger partial charge in [0, 0.05) is 13.0 Å². The first-order valence-corrected chi connectivity index (χ1v) is 7.00. The number of esters is 1. The van der Waals surface area contributed by atoms with Gasteiger partial charge >= 0.3 is 5.97 Å². The van der Waals surface area contributed by atoms with E-state index in [-0.39, 0.29) is 5.97 Å². The van der Waals surface area contributed by atoms with Crippen LogP contribution in [0.15, 0.2) is 0 Å². The summed E-state index contributed by atoms with van der Waals surface area (Å²) in [4.78, 5) is 10.8. The highest BCUT2D eigenvalue weighted by molar-refractivity contribution is 7.90. The summed E-state index contributed by atoms with van der Waals surface area (Å²) in [7, 11) is -1.79. The van der Waals surface area contributed by atoms with Gasteiger partial charge in [-0.3, -0.25) is 4.79 Å². The van der Waals surface area contributed by atoms with Gasteiger partial charge in [0.1, 0.15) is 0 Å². The number of unbranched alkanes of at least 4 members (excludes halogenated alkanes) is 2. The van der Waals surface area contributed by atoms with Crippen LogP contribution in [0.3, 0.4) is 0 Å². The maximum Gasteiger partial charge on any atom is 0.305 e. The molecule has 0 heterocycles. The quantitative estimate of drug-likeness (QED) is 0.517. The lowest BCUT2D eigenvalue weighted by molar-refractivity contribution is -0.140. The van der Waals surface area contributed by atoms with Gasteiger partial charge in [0.2, 0.25) is 10.0 Å². The van der Waals surface area contributed by atoms with Crippen LogP contribution in [0.25, 0.3) is 0 Å². The van der Waals surface area contributed by atoms with Crippen molar-refractivity contribution in [3.63, 3.8) is 0 Å². The lowest BCUT2D eigenvalue weighted by Crippen LogP contribution is -2.31. The van der Waals surface area contributed by atoms with E-state index < -0.39 is 15.3 Å². The third-order valence-electron chi connectivity index (χ3n) is 2.21. The zero-order valence-electron chi connectivity index (χ0n) is 10.2. The van der Waals surface area contributed by atoms with E-state index in [2.05, 4.69) is 9.46 Å². The molecule has 0 aliphatic carbocycles. The Morgan fingerprint density at radius 2 is 1.88 bits per heavy atom. The first kappa shape index (κ1) is 15.4. The fourth-order valence-electron chi connectivity index (χ4n) is 1.05.